The summed E-state index contributed by atoms with van der Waals surface area (Å²) in [6.45, 7) is 11.8. The number of nitrogens with one attached hydrogen (secondary N) is 16. The van der Waals surface area contributed by atoms with Crippen molar-refractivity contribution in [1.82, 2.24) is 94.3 Å². The van der Waals surface area contributed by atoms with Crippen LogP contribution in [0.5, 0.6) is 0 Å². The van der Waals surface area contributed by atoms with Crippen LogP contribution in [-0.4, -0.2) is 276 Å². The maximum atomic E-state index is 15.4. The predicted molar refractivity (Wildman–Crippen MR) is 477 cm³/mol. The first kappa shape index (κ1) is 106. The van der Waals surface area contributed by atoms with E-state index >= 15 is 38.4 Å². The van der Waals surface area contributed by atoms with Gasteiger partial charge >= 0.3 is 5.97 Å². The average molecular weight is 1860 g/mol. The molecule has 0 aliphatic carbocycles. The number of benzene rings is 2. The molecule has 18 amide bonds. The summed E-state index contributed by atoms with van der Waals surface area (Å²) in [4.78, 5) is 283. The molecule has 16 atom stereocenters. The van der Waals surface area contributed by atoms with Crippen molar-refractivity contribution in [3.8, 4) is 0 Å². The summed E-state index contributed by atoms with van der Waals surface area (Å²) in [7, 11) is 1.45. The molecular weight excluding hydrogens is 1740 g/mol. The van der Waals surface area contributed by atoms with E-state index in [9.17, 15) is 63.0 Å². The van der Waals surface area contributed by atoms with E-state index in [-0.39, 0.29) is 101 Å². The van der Waals surface area contributed by atoms with Crippen molar-refractivity contribution < 1.29 is 101 Å². The molecule has 0 spiro atoms. The summed E-state index contributed by atoms with van der Waals surface area (Å²) in [5.41, 5.74) is 24.4. The molecule has 43 nitrogen and oxygen atoms in total. The van der Waals surface area contributed by atoms with E-state index in [0.717, 1.165) is 17.7 Å². The molecule has 46 heteroatoms. The molecule has 0 unspecified atom stereocenters. The van der Waals surface area contributed by atoms with Gasteiger partial charge in [-0.3, -0.25) is 91.1 Å². The second-order valence-electron chi connectivity index (χ2n) is 32.7. The fraction of sp³-hybridized carbons (Fsp3) is 0.566. The Kier molecular flexibility index (Phi) is 43.1. The highest BCUT2D eigenvalue weighted by molar-refractivity contribution is 8.76. The molecule has 2 aromatic carbocycles. The first-order valence-electron chi connectivity index (χ1n) is 42.4. The molecule has 2 aliphatic rings. The fourth-order valence-electron chi connectivity index (χ4n) is 14.2. The van der Waals surface area contributed by atoms with Crippen molar-refractivity contribution in [3.05, 3.63) is 90.1 Å². The number of imidazole rings is 1. The molecule has 2 aromatic heterocycles. The van der Waals surface area contributed by atoms with E-state index in [1.54, 1.807) is 74.7 Å². The third-order valence-electron chi connectivity index (χ3n) is 21.1. The molecule has 4 aromatic rings. The largest absolute Gasteiger partial charge is 0.481 e. The zero-order valence-electron chi connectivity index (χ0n) is 73.4. The Morgan fingerprint density at radius 2 is 1.19 bits per heavy atom. The van der Waals surface area contributed by atoms with E-state index in [2.05, 4.69) is 89.4 Å². The fourth-order valence-corrected chi connectivity index (χ4v) is 17.0. The van der Waals surface area contributed by atoms with Gasteiger partial charge in [-0.2, -0.15) is 11.8 Å². The molecule has 4 heterocycles. The molecule has 2 fully saturated rings. The van der Waals surface area contributed by atoms with Gasteiger partial charge < -0.3 is 122 Å². The highest BCUT2D eigenvalue weighted by Gasteiger charge is 2.44. The van der Waals surface area contributed by atoms with Gasteiger partial charge in [-0.25, -0.2) is 4.98 Å². The van der Waals surface area contributed by atoms with Gasteiger partial charge in [-0.1, -0.05) is 112 Å². The van der Waals surface area contributed by atoms with Crippen molar-refractivity contribution in [2.75, 3.05) is 36.6 Å². The van der Waals surface area contributed by atoms with Crippen molar-refractivity contribution in [3.63, 3.8) is 0 Å². The normalized spacial score (nSPS) is 21.4. The van der Waals surface area contributed by atoms with E-state index in [4.69, 9.17) is 22.9 Å². The number of aliphatic hydroxyl groups excluding tert-OH is 1. The number of thioether (sulfide) groups is 1. The molecule has 26 N–H and O–H groups in total. The van der Waals surface area contributed by atoms with Crippen LogP contribution in [0.2, 0.25) is 0 Å². The number of unbranched alkanes of at least 4 members (excludes halogenated alkanes) is 1. The number of fused-ring (bicyclic) bond motifs is 2. The second kappa shape index (κ2) is 52.5. The van der Waals surface area contributed by atoms with Crippen molar-refractivity contribution in [2.24, 2.45) is 40.7 Å². The number of hydrogen-bond acceptors (Lipinski definition) is 25. The van der Waals surface area contributed by atoms with Gasteiger partial charge in [-0.05, 0) is 112 Å². The van der Waals surface area contributed by atoms with Gasteiger partial charge in [0.25, 0.3) is 0 Å². The lowest BCUT2D eigenvalue weighted by molar-refractivity contribution is -0.143. The lowest BCUT2D eigenvalue weighted by atomic mass is 9.99. The van der Waals surface area contributed by atoms with E-state index in [1.165, 1.54) is 70.0 Å². The Labute approximate surface area is 757 Å². The lowest BCUT2D eigenvalue weighted by Gasteiger charge is -2.32. The smallest absolute Gasteiger partial charge is 0.305 e. The van der Waals surface area contributed by atoms with Crippen LogP contribution in [0.1, 0.15) is 143 Å². The van der Waals surface area contributed by atoms with E-state index < -0.39 is 252 Å². The minimum atomic E-state index is -2.06. The van der Waals surface area contributed by atoms with Gasteiger partial charge in [0, 0.05) is 74.0 Å². The van der Waals surface area contributed by atoms with E-state index in [0.29, 0.717) is 32.8 Å². The van der Waals surface area contributed by atoms with Crippen LogP contribution in [0.3, 0.4) is 0 Å². The number of hydrogen-bond donors (Lipinski definition) is 22. The molecule has 129 heavy (non-hydrogen) atoms. The minimum Gasteiger partial charge on any atom is -0.481 e. The van der Waals surface area contributed by atoms with E-state index in [1.807, 2.05) is 0 Å². The monoisotopic (exact) mass is 1860 g/mol. The van der Waals surface area contributed by atoms with Crippen LogP contribution < -0.4 is 97.4 Å². The summed E-state index contributed by atoms with van der Waals surface area (Å²) in [5.74, 6) is -23.3. The minimum absolute atomic E-state index is 0.00823. The summed E-state index contributed by atoms with van der Waals surface area (Å²) < 4.78 is 0. The molecule has 2 saturated heterocycles. The Hall–Kier alpha value is -11.9. The van der Waals surface area contributed by atoms with Gasteiger partial charge in [0.15, 0.2) is 0 Å². The number of carbonyl (C=O) groups is 19. The number of para-hydroxylation sites is 1. The Morgan fingerprint density at radius 1 is 0.597 bits per heavy atom. The maximum Gasteiger partial charge on any atom is 0.305 e. The predicted octanol–water partition coefficient (Wildman–Crippen LogP) is -4.17. The first-order valence-corrected chi connectivity index (χ1v) is 46.3. The third-order valence-corrected chi connectivity index (χ3v) is 24.1. The van der Waals surface area contributed by atoms with Crippen LogP contribution in [0.25, 0.3) is 10.9 Å². The number of amides is 18. The number of H-pyrrole nitrogens is 2. The number of aromatic amines is 2. The Bertz CT molecular complexity index is 4580. The molecule has 708 valence electrons. The van der Waals surface area contributed by atoms with Crippen LogP contribution in [0, 0.1) is 17.8 Å². The van der Waals surface area contributed by atoms with Crippen molar-refractivity contribution in [1.29, 1.82) is 0 Å². The maximum absolute atomic E-state index is 15.4. The van der Waals surface area contributed by atoms with Crippen molar-refractivity contribution in [2.45, 2.75) is 242 Å². The average Bonchev–Trinajstić information content (AvgIpc) is 1.79. The highest BCUT2D eigenvalue weighted by atomic mass is 33.1. The lowest BCUT2D eigenvalue weighted by Crippen LogP contribution is -2.63. The summed E-state index contributed by atoms with van der Waals surface area (Å²) in [6, 6.07) is -9.74. The Morgan fingerprint density at radius 3 is 1.80 bits per heavy atom. The molecule has 0 radical (unpaired) electrons. The number of primary amides is 3. The SMILES string of the molecule is CSCC[C@H](NC(=O)[C@H](CCCCN)NC(=O)[C@@H]1CSSC[C@H](NC(=O)[C@@H](NC(=O)[C@H](CC(=O)O)NC(=O)[C@H](Cc2ccccc2)NC(C)=O)C(C)C)C(=O)N[C@@H](CC(N)=O)C(=O)N[C@@H](Cc2c[nH]c3ccccc23)C(=O)N[C@@H](C(C)C)C(=O)N[C@@H]([C@@H](C)O)C(=O)N[C@@H](CC(C)C)C(=O)N2CCC[C@H]2C(=O)N[C@@H](Cc2c[nH]cn2)C(=O)N1)C(=O)N[C@@H](CCC(N)=O)C(N)=O. The van der Waals surface area contributed by atoms with Gasteiger partial charge in [0.1, 0.15) is 90.6 Å². The number of nitrogens with zero attached hydrogens (tertiary/aromatic N) is 2. The molecule has 2 aliphatic heterocycles. The zero-order valence-corrected chi connectivity index (χ0v) is 75.9. The summed E-state index contributed by atoms with van der Waals surface area (Å²) in [6.07, 6.45) is 0.941. The quantitative estimate of drug-likeness (QED) is 0.0149. The van der Waals surface area contributed by atoms with Crippen LogP contribution in [0.15, 0.2) is 73.3 Å². The number of carboxylic acid groups (broad SMARTS) is 1. The molecule has 6 rings (SSSR count). The number of aromatic nitrogens is 3. The zero-order chi connectivity index (χ0) is 95.5. The Balaban J connectivity index is 1.52. The number of nitrogens with two attached hydrogens (primary N) is 4. The van der Waals surface area contributed by atoms with Crippen LogP contribution >= 0.6 is 33.3 Å². The first-order chi connectivity index (χ1) is 61.1. The van der Waals surface area contributed by atoms with Gasteiger partial charge in [-0.15, -0.1) is 0 Å². The third kappa shape index (κ3) is 34.2. The van der Waals surface area contributed by atoms with Gasteiger partial charge in [0.2, 0.25) is 106 Å². The van der Waals surface area contributed by atoms with Crippen LogP contribution in [0.4, 0.5) is 0 Å². The van der Waals surface area contributed by atoms with Crippen LogP contribution in [-0.2, 0) is 110 Å². The number of rotatable bonds is 39. The second-order valence-corrected chi connectivity index (χ2v) is 36.2. The highest BCUT2D eigenvalue weighted by Crippen LogP contribution is 2.27. The van der Waals surface area contributed by atoms with Gasteiger partial charge in [0.05, 0.1) is 31.0 Å². The number of aliphatic carboxylic acids is 1. The number of aliphatic hydroxyl groups is 1. The number of carbonyl (C=O) groups excluding carboxylic acids is 18. The molecule has 0 bridgehead atoms. The summed E-state index contributed by atoms with van der Waals surface area (Å²) in [5, 5.41) is 57.8. The number of carboxylic acids is 1. The summed E-state index contributed by atoms with van der Waals surface area (Å²) >= 11 is 1.28. The van der Waals surface area contributed by atoms with Crippen molar-refractivity contribution >= 4 is 157 Å². The standard InChI is InChI=1S/C83H122N22O21S3/c1-41(2)30-59-83(126)105-28-17-23-62(105)79(122)98-56(33-48-37-88-40-90-48)73(116)100-60(77(120)93-52(22-15-16-27-84)70(113)94-53(26-29-127-9)71(114)92-51(69(87)112)24-25-63(85)108)38-128-129-39-61(101-80(123)66(42(3)4)102-76(119)58(35-65(110)111)97-72(115)54(91-45(8)107)31-46-18-11-10-12-19-46)78(121)96-57(34-64(86)109)74(117)95-55(32-47-36-89-50-21-14-13-20-49(47)50)75(118)103-67(43(5)6)81(124)104-68(44(7)106)82(125)99-59/h10-14,18-21,36-37,40-44,51-62,66-68,89,106H,15-17,22-35,38-39,84H2,1-9H3,(H2,85,108)(H2,86,109)(H2,87,112)(H,88,90)(H,91,107)(H,92,114)(H,93,120)(H,94,113)(H,95,117)(H,96,121)(H,97,115)(H,98,122)(H,99,125)(H,100,116)(H,101,123)(H,102,119)(H,103,118)(H,104,124)(H,110,111)/t44-,51+,52+,53+,54+,55+,56+,57+,58+,59+,60+,61+,62+,66+,67+,68+/m1/s1. The topological polar surface area (TPSA) is 685 Å². The molecular formula is C83H122N22O21S3. The molecule has 0 saturated carbocycles.